The molecule has 0 amide bonds. The second-order valence-electron chi connectivity index (χ2n) is 25.3. The molecular weight excluding hydrogens is 1060 g/mol. The van der Waals surface area contributed by atoms with E-state index in [1.165, 1.54) is 134 Å². The fourth-order valence-electron chi connectivity index (χ4n) is 9.48. The van der Waals surface area contributed by atoms with Crippen LogP contribution in [0.5, 0.6) is 0 Å². The summed E-state index contributed by atoms with van der Waals surface area (Å²) in [5.74, 6) is 2.92. The van der Waals surface area contributed by atoms with Gasteiger partial charge in [0.25, 0.3) is 0 Å². The zero-order chi connectivity index (χ0) is 62.1. The van der Waals surface area contributed by atoms with Crippen LogP contribution >= 0.6 is 11.8 Å². The third-order valence-corrected chi connectivity index (χ3v) is 17.0. The highest BCUT2D eigenvalue weighted by Crippen LogP contribution is 2.32. The Balaban J connectivity index is 0.000000457. The van der Waals surface area contributed by atoms with Crippen LogP contribution in [0.2, 0.25) is 0 Å². The minimum absolute atomic E-state index is 0.0196. The molecule has 2 saturated carbocycles. The molecule has 0 spiro atoms. The molecule has 0 radical (unpaired) electrons. The third-order valence-electron chi connectivity index (χ3n) is 15.6. The summed E-state index contributed by atoms with van der Waals surface area (Å²) >= 11 is 2.12. The summed E-state index contributed by atoms with van der Waals surface area (Å²) in [7, 11) is 0. The average molecular weight is 1170 g/mol. The first-order valence-corrected chi connectivity index (χ1v) is 32.1. The molecule has 2 aliphatic carbocycles. The van der Waals surface area contributed by atoms with Crippen LogP contribution in [-0.2, 0) is 18.9 Å². The van der Waals surface area contributed by atoms with Crippen LogP contribution in [0.25, 0.3) is 0 Å². The highest BCUT2D eigenvalue weighted by Gasteiger charge is 2.19. The molecule has 4 nitrogen and oxygen atoms in total. The Morgan fingerprint density at radius 2 is 0.695 bits per heavy atom. The molecule has 10 heteroatoms. The summed E-state index contributed by atoms with van der Waals surface area (Å²) in [5, 5.41) is 1.88. The van der Waals surface area contributed by atoms with E-state index in [1.54, 1.807) is 32.0 Å². The van der Waals surface area contributed by atoms with Gasteiger partial charge in [0.1, 0.15) is 17.5 Å². The van der Waals surface area contributed by atoms with Crippen LogP contribution < -0.4 is 0 Å². The van der Waals surface area contributed by atoms with Crippen molar-refractivity contribution in [2.75, 3.05) is 19.8 Å². The Labute approximate surface area is 503 Å². The zero-order valence-corrected chi connectivity index (χ0v) is 55.8. The molecule has 8 unspecified atom stereocenters. The molecule has 10 rings (SSSR count). The lowest BCUT2D eigenvalue weighted by molar-refractivity contribution is -0.187. The Morgan fingerprint density at radius 1 is 0.341 bits per heavy atom. The molecule has 4 heterocycles. The van der Waals surface area contributed by atoms with Gasteiger partial charge in [-0.2, -0.15) is 11.8 Å². The van der Waals surface area contributed by atoms with Crippen LogP contribution in [0.4, 0.5) is 22.0 Å². The van der Waals surface area contributed by atoms with Crippen molar-refractivity contribution in [2.24, 2.45) is 35.5 Å². The van der Waals surface area contributed by atoms with Crippen molar-refractivity contribution in [1.29, 1.82) is 0 Å². The Kier molecular flexibility index (Phi) is 39.8. The smallest absolute Gasteiger partial charge is 0.161 e. The van der Waals surface area contributed by atoms with E-state index >= 15 is 0 Å². The van der Waals surface area contributed by atoms with Crippen LogP contribution in [0, 0.1) is 120 Å². The first-order valence-electron chi connectivity index (χ1n) is 31.2. The number of benzene rings is 4. The van der Waals surface area contributed by atoms with E-state index in [2.05, 4.69) is 126 Å². The number of hydrogen-bond acceptors (Lipinski definition) is 5. The number of hydrogen-bond donors (Lipinski definition) is 0. The maximum atomic E-state index is 12.6. The first-order chi connectivity index (χ1) is 38.4. The van der Waals surface area contributed by atoms with Gasteiger partial charge in [-0.1, -0.05) is 154 Å². The van der Waals surface area contributed by atoms with Gasteiger partial charge in [-0.05, 0) is 204 Å². The maximum absolute atomic E-state index is 12.6. The molecule has 4 aromatic carbocycles. The molecule has 0 bridgehead atoms. The van der Waals surface area contributed by atoms with Crippen molar-refractivity contribution in [3.05, 3.63) is 140 Å². The predicted octanol–water partition coefficient (Wildman–Crippen LogP) is 21.9. The Morgan fingerprint density at radius 3 is 0.988 bits per heavy atom. The average Bonchev–Trinajstić information content (AvgIpc) is 4.15. The van der Waals surface area contributed by atoms with Crippen molar-refractivity contribution >= 4 is 11.8 Å². The van der Waals surface area contributed by atoms with E-state index in [-0.39, 0.29) is 17.7 Å². The highest BCUT2D eigenvalue weighted by molar-refractivity contribution is 8.00. The number of ether oxygens (including phenoxy) is 4. The van der Waals surface area contributed by atoms with E-state index in [4.69, 9.17) is 18.9 Å². The molecule has 4 aromatic rings. The standard InChI is InChI=1S/2C8H8F2.C8H9F.C8H16.C8H10.C7H14O.C7H14.C6H12O2.C6H12O.C6H12S/c1-5-3-7(9)6(2)8(10)4-5;1-5-3-4-6(2)8(10)7(5)9;1-6-3-4-7(2)8(9)5-6;2*1-7-3-5-8(2)6-4-7;1-6-3-4-7(2)8-5-6;1-6-3-4-7(2)5-6;1-5-3-7-6(2)8-4-5;2*1-5-3-4-6(2)7-5/h2*3-4H,1-2H3;3-5H,1-2H3;7-8H,3-6H2,1-2H3;3-6H,1-2H3;6-7H,3-5H2,1-2H3;6-7H,3-5H2,1-2H3;5-6H,3-4H2,1-2H3;2*5-6H,3-4H2,1-2H3. The summed E-state index contributed by atoms with van der Waals surface area (Å²) in [6.45, 7) is 43.4. The Bertz CT molecular complexity index is 2050. The lowest BCUT2D eigenvalue weighted by Crippen LogP contribution is -2.27. The fraction of sp³-hybridized carbons (Fsp3) is 0.667. The van der Waals surface area contributed by atoms with Gasteiger partial charge in [0.05, 0.1) is 31.5 Å². The molecule has 82 heavy (non-hydrogen) atoms. The zero-order valence-electron chi connectivity index (χ0n) is 55.0. The highest BCUT2D eigenvalue weighted by atomic mass is 32.2. The van der Waals surface area contributed by atoms with Crippen molar-refractivity contribution < 1.29 is 40.9 Å². The van der Waals surface area contributed by atoms with Crippen LogP contribution in [0.3, 0.4) is 0 Å². The van der Waals surface area contributed by atoms with Crippen molar-refractivity contribution in [3.8, 4) is 0 Å². The molecule has 468 valence electrons. The largest absolute Gasteiger partial charge is 0.378 e. The van der Waals surface area contributed by atoms with E-state index in [0.717, 1.165) is 65.5 Å². The monoisotopic (exact) mass is 1170 g/mol. The van der Waals surface area contributed by atoms with E-state index in [9.17, 15) is 22.0 Å². The van der Waals surface area contributed by atoms with Crippen molar-refractivity contribution in [3.63, 3.8) is 0 Å². The summed E-state index contributed by atoms with van der Waals surface area (Å²) in [4.78, 5) is 0. The number of rotatable bonds is 0. The molecule has 8 atom stereocenters. The van der Waals surface area contributed by atoms with Crippen molar-refractivity contribution in [2.45, 2.75) is 257 Å². The number of thioether (sulfide) groups is 1. The van der Waals surface area contributed by atoms with Crippen LogP contribution in [0.15, 0.2) is 66.7 Å². The number of halogens is 5. The summed E-state index contributed by atoms with van der Waals surface area (Å²) < 4.78 is 84.1. The minimum Gasteiger partial charge on any atom is -0.378 e. The Hall–Kier alpha value is -3.28. The predicted molar refractivity (Wildman–Crippen MR) is 342 cm³/mol. The molecule has 4 saturated heterocycles. The SMILES string of the molecule is CC1CCC(C)C1.CC1CCC(C)CC1.CC1CCC(C)O1.CC1CCC(C)OC1.CC1CCC(C)S1.CC1COC(C)OC1.Cc1cc(F)c(C)c(F)c1.Cc1ccc(C)c(F)c1.Cc1ccc(C)c(F)c1F.Cc1ccc(C)cc1. The second-order valence-corrected chi connectivity index (χ2v) is 27.2. The summed E-state index contributed by atoms with van der Waals surface area (Å²) in [6.07, 6.45) is 19.9. The van der Waals surface area contributed by atoms with Gasteiger partial charge in [0.15, 0.2) is 17.9 Å². The van der Waals surface area contributed by atoms with E-state index < -0.39 is 23.3 Å². The number of aryl methyl sites for hydroxylation is 7. The molecule has 6 aliphatic rings. The van der Waals surface area contributed by atoms with Gasteiger partial charge in [-0.3, -0.25) is 0 Å². The van der Waals surface area contributed by atoms with Gasteiger partial charge in [-0.25, -0.2) is 22.0 Å². The summed E-state index contributed by atoms with van der Waals surface area (Å²) in [5.41, 5.74) is 5.74. The van der Waals surface area contributed by atoms with Gasteiger partial charge < -0.3 is 18.9 Å². The topological polar surface area (TPSA) is 36.9 Å². The van der Waals surface area contributed by atoms with Gasteiger partial charge in [0.2, 0.25) is 0 Å². The van der Waals surface area contributed by atoms with Crippen molar-refractivity contribution in [1.82, 2.24) is 0 Å². The minimum atomic E-state index is -0.736. The lowest BCUT2D eigenvalue weighted by Gasteiger charge is -2.24. The second kappa shape index (κ2) is 42.5. The molecule has 0 aromatic heterocycles. The molecular formula is C72H115F5O4S. The molecule has 0 N–H and O–H groups in total. The molecule has 6 fully saturated rings. The lowest BCUT2D eigenvalue weighted by atomic mass is 9.84. The quantitative estimate of drug-likeness (QED) is 0.164. The van der Waals surface area contributed by atoms with E-state index in [1.807, 2.05) is 19.9 Å². The van der Waals surface area contributed by atoms with Gasteiger partial charge >= 0.3 is 0 Å². The van der Waals surface area contributed by atoms with Crippen LogP contribution in [0.1, 0.15) is 211 Å². The normalized spacial score (nSPS) is 26.8. The first kappa shape index (κ1) is 76.7. The van der Waals surface area contributed by atoms with Gasteiger partial charge in [-0.15, -0.1) is 0 Å². The van der Waals surface area contributed by atoms with Crippen LogP contribution in [-0.4, -0.2) is 54.9 Å². The maximum Gasteiger partial charge on any atom is 0.161 e. The molecule has 4 aliphatic heterocycles. The summed E-state index contributed by atoms with van der Waals surface area (Å²) in [6, 6.07) is 19.5. The third kappa shape index (κ3) is 36.5. The van der Waals surface area contributed by atoms with Gasteiger partial charge in [0, 0.05) is 28.6 Å². The van der Waals surface area contributed by atoms with E-state index in [0.29, 0.717) is 46.5 Å². The fourth-order valence-corrected chi connectivity index (χ4v) is 10.8.